The molecule has 1 N–H and O–H groups in total. The van der Waals surface area contributed by atoms with Gasteiger partial charge in [0.05, 0.1) is 43.8 Å². The lowest BCUT2D eigenvalue weighted by Crippen LogP contribution is -2.36. The van der Waals surface area contributed by atoms with Gasteiger partial charge in [0.15, 0.2) is 17.2 Å². The molecule has 1 aromatic heterocycles. The standard InChI is InChI=1S/C26H40N2O6/c1-10-11-14-33-21-18(15-27-24(30)34-26(5,6)7)28(16-25(2,3)4)23(29)17-12-13-19(31-8)22(32-9)20(17)21/h12-13H,10-11,14-16H2,1-9H3,(H,27,30). The molecule has 1 heterocycles. The third kappa shape index (κ3) is 6.81. The Bertz CT molecular complexity index is 1060. The molecule has 0 aliphatic heterocycles. The SMILES string of the molecule is CCCCOc1c(CNC(=O)OC(C)(C)C)n(CC(C)(C)C)c(=O)c2ccc(OC)c(OC)c12. The zero-order valence-electron chi connectivity index (χ0n) is 22.1. The number of methoxy groups -OCH3 is 2. The van der Waals surface area contributed by atoms with Gasteiger partial charge in [-0.2, -0.15) is 0 Å². The number of hydrogen-bond donors (Lipinski definition) is 1. The van der Waals surface area contributed by atoms with Crippen molar-refractivity contribution in [3.05, 3.63) is 28.2 Å². The lowest BCUT2D eigenvalue weighted by atomic mass is 9.96. The number of hydrogen-bond acceptors (Lipinski definition) is 6. The number of ether oxygens (including phenoxy) is 4. The molecule has 0 fully saturated rings. The number of aromatic nitrogens is 1. The predicted molar refractivity (Wildman–Crippen MR) is 134 cm³/mol. The molecule has 1 amide bonds. The lowest BCUT2D eigenvalue weighted by Gasteiger charge is -2.27. The van der Waals surface area contributed by atoms with Crippen LogP contribution in [0.2, 0.25) is 0 Å². The lowest BCUT2D eigenvalue weighted by molar-refractivity contribution is 0.0521. The highest BCUT2D eigenvalue weighted by Crippen LogP contribution is 2.41. The zero-order valence-corrected chi connectivity index (χ0v) is 22.1. The monoisotopic (exact) mass is 476 g/mol. The van der Waals surface area contributed by atoms with E-state index in [1.54, 1.807) is 44.6 Å². The third-order valence-electron chi connectivity index (χ3n) is 5.01. The summed E-state index contributed by atoms with van der Waals surface area (Å²) in [4.78, 5) is 26.2. The van der Waals surface area contributed by atoms with Gasteiger partial charge in [-0.1, -0.05) is 34.1 Å². The second-order valence-electron chi connectivity index (χ2n) is 10.5. The number of fused-ring (bicyclic) bond motifs is 1. The van der Waals surface area contributed by atoms with Gasteiger partial charge in [0.25, 0.3) is 5.56 Å². The molecule has 0 aliphatic rings. The summed E-state index contributed by atoms with van der Waals surface area (Å²) in [5.74, 6) is 1.42. The zero-order chi connectivity index (χ0) is 25.7. The fourth-order valence-electron chi connectivity index (χ4n) is 3.63. The third-order valence-corrected chi connectivity index (χ3v) is 5.01. The van der Waals surface area contributed by atoms with E-state index in [0.29, 0.717) is 46.9 Å². The molecule has 0 aliphatic carbocycles. The second-order valence-corrected chi connectivity index (χ2v) is 10.5. The van der Waals surface area contributed by atoms with Crippen LogP contribution in [0.25, 0.3) is 10.8 Å². The minimum absolute atomic E-state index is 0.0536. The number of alkyl carbamates (subject to hydrolysis) is 1. The van der Waals surface area contributed by atoms with Crippen LogP contribution in [-0.2, 0) is 17.8 Å². The molecule has 0 saturated carbocycles. The molecule has 0 atom stereocenters. The number of rotatable bonds is 9. The van der Waals surface area contributed by atoms with Crippen molar-refractivity contribution in [3.63, 3.8) is 0 Å². The van der Waals surface area contributed by atoms with Gasteiger partial charge in [-0.15, -0.1) is 0 Å². The molecule has 0 spiro atoms. The highest BCUT2D eigenvalue weighted by atomic mass is 16.6. The van der Waals surface area contributed by atoms with Gasteiger partial charge in [0.1, 0.15) is 5.60 Å². The Morgan fingerprint density at radius 1 is 1.03 bits per heavy atom. The van der Waals surface area contributed by atoms with Gasteiger partial charge in [0, 0.05) is 6.54 Å². The molecule has 1 aromatic carbocycles. The van der Waals surface area contributed by atoms with Crippen LogP contribution in [0.15, 0.2) is 16.9 Å². The highest BCUT2D eigenvalue weighted by Gasteiger charge is 2.26. The van der Waals surface area contributed by atoms with Crippen molar-refractivity contribution in [2.24, 2.45) is 5.41 Å². The summed E-state index contributed by atoms with van der Waals surface area (Å²) in [6, 6.07) is 3.45. The van der Waals surface area contributed by atoms with Gasteiger partial charge in [-0.25, -0.2) is 4.79 Å². The Morgan fingerprint density at radius 2 is 1.71 bits per heavy atom. The van der Waals surface area contributed by atoms with Crippen LogP contribution in [0, 0.1) is 5.41 Å². The van der Waals surface area contributed by atoms with E-state index in [2.05, 4.69) is 33.0 Å². The first-order valence-corrected chi connectivity index (χ1v) is 11.7. The summed E-state index contributed by atoms with van der Waals surface area (Å²) in [7, 11) is 3.08. The number of unbranched alkanes of at least 4 members (excludes halogenated alkanes) is 1. The summed E-state index contributed by atoms with van der Waals surface area (Å²) in [5.41, 5.74) is -0.471. The first-order chi connectivity index (χ1) is 15.8. The number of nitrogens with one attached hydrogen (secondary N) is 1. The molecule has 0 unspecified atom stereocenters. The fraction of sp³-hybridized carbons (Fsp3) is 0.615. The van der Waals surface area contributed by atoms with Crippen molar-refractivity contribution in [2.45, 2.75) is 80.0 Å². The molecular formula is C26H40N2O6. The molecule has 2 aromatic rings. The number of nitrogens with zero attached hydrogens (tertiary/aromatic N) is 1. The normalized spacial score (nSPS) is 11.9. The van der Waals surface area contributed by atoms with E-state index in [0.717, 1.165) is 12.8 Å². The van der Waals surface area contributed by atoms with Crippen LogP contribution in [0.3, 0.4) is 0 Å². The topological polar surface area (TPSA) is 88.0 Å². The number of carbonyl (C=O) groups is 1. The van der Waals surface area contributed by atoms with Crippen LogP contribution in [0.1, 0.15) is 67.0 Å². The van der Waals surface area contributed by atoms with E-state index in [9.17, 15) is 9.59 Å². The largest absolute Gasteiger partial charge is 0.493 e. The minimum Gasteiger partial charge on any atom is -0.493 e. The maximum atomic E-state index is 13.7. The van der Waals surface area contributed by atoms with Crippen molar-refractivity contribution >= 4 is 16.9 Å². The number of pyridine rings is 1. The molecule has 8 nitrogen and oxygen atoms in total. The van der Waals surface area contributed by atoms with Gasteiger partial charge in [-0.3, -0.25) is 4.79 Å². The first kappa shape index (κ1) is 27.3. The fourth-order valence-corrected chi connectivity index (χ4v) is 3.63. The Kier molecular flexibility index (Phi) is 8.86. The predicted octanol–water partition coefficient (Wildman–Crippen LogP) is 5.27. The number of amides is 1. The average Bonchev–Trinajstić information content (AvgIpc) is 2.72. The summed E-state index contributed by atoms with van der Waals surface area (Å²) in [5, 5.41) is 3.80. The molecule has 0 radical (unpaired) electrons. The van der Waals surface area contributed by atoms with Gasteiger partial charge >= 0.3 is 6.09 Å². The Morgan fingerprint density at radius 3 is 2.24 bits per heavy atom. The van der Waals surface area contributed by atoms with Crippen molar-refractivity contribution in [2.75, 3.05) is 20.8 Å². The Balaban J connectivity index is 2.81. The summed E-state index contributed by atoms with van der Waals surface area (Å²) >= 11 is 0. The maximum Gasteiger partial charge on any atom is 0.407 e. The number of carbonyl (C=O) groups excluding carboxylic acids is 1. The Hall–Kier alpha value is -2.90. The van der Waals surface area contributed by atoms with Crippen molar-refractivity contribution < 1.29 is 23.7 Å². The van der Waals surface area contributed by atoms with E-state index >= 15 is 0 Å². The minimum atomic E-state index is -0.643. The number of benzene rings is 1. The summed E-state index contributed by atoms with van der Waals surface area (Å²) < 4.78 is 24.6. The highest BCUT2D eigenvalue weighted by molar-refractivity contribution is 5.96. The van der Waals surface area contributed by atoms with Crippen LogP contribution >= 0.6 is 0 Å². The molecule has 0 saturated heterocycles. The van der Waals surface area contributed by atoms with Crippen molar-refractivity contribution in [1.29, 1.82) is 0 Å². The first-order valence-electron chi connectivity index (χ1n) is 11.7. The maximum absolute atomic E-state index is 13.7. The van der Waals surface area contributed by atoms with Crippen LogP contribution in [0.5, 0.6) is 17.2 Å². The molecule has 190 valence electrons. The van der Waals surface area contributed by atoms with E-state index < -0.39 is 11.7 Å². The van der Waals surface area contributed by atoms with Crippen LogP contribution in [0.4, 0.5) is 4.79 Å². The van der Waals surface area contributed by atoms with E-state index in [1.165, 1.54) is 7.11 Å². The van der Waals surface area contributed by atoms with Crippen LogP contribution < -0.4 is 25.1 Å². The van der Waals surface area contributed by atoms with Gasteiger partial charge < -0.3 is 28.8 Å². The van der Waals surface area contributed by atoms with Crippen molar-refractivity contribution in [1.82, 2.24) is 9.88 Å². The summed E-state index contributed by atoms with van der Waals surface area (Å²) in [6.45, 7) is 14.6. The van der Waals surface area contributed by atoms with E-state index in [4.69, 9.17) is 18.9 Å². The molecular weight excluding hydrogens is 436 g/mol. The average molecular weight is 477 g/mol. The van der Waals surface area contributed by atoms with E-state index in [1.807, 2.05) is 0 Å². The molecule has 34 heavy (non-hydrogen) atoms. The van der Waals surface area contributed by atoms with E-state index in [-0.39, 0.29) is 17.5 Å². The van der Waals surface area contributed by atoms with Crippen molar-refractivity contribution in [3.8, 4) is 17.2 Å². The molecule has 2 rings (SSSR count). The second kappa shape index (κ2) is 11.0. The van der Waals surface area contributed by atoms with Crippen LogP contribution in [-0.4, -0.2) is 37.1 Å². The quantitative estimate of drug-likeness (QED) is 0.496. The van der Waals surface area contributed by atoms with Gasteiger partial charge in [0.2, 0.25) is 0 Å². The van der Waals surface area contributed by atoms with Gasteiger partial charge in [-0.05, 0) is 44.7 Å². The molecule has 0 bridgehead atoms. The molecule has 8 heteroatoms. The summed E-state index contributed by atoms with van der Waals surface area (Å²) in [6.07, 6.45) is 1.22. The Labute approximate surface area is 202 Å². The smallest absolute Gasteiger partial charge is 0.407 e.